The molecule has 34 heavy (non-hydrogen) atoms. The third kappa shape index (κ3) is 5.52. The molecule has 3 aromatic carbocycles. The van der Waals surface area contributed by atoms with Crippen LogP contribution in [0.15, 0.2) is 83.8 Å². The number of carbonyl (C=O) groups excluding carboxylic acids is 2. The molecule has 1 aliphatic rings. The zero-order chi connectivity index (χ0) is 24.0. The van der Waals surface area contributed by atoms with Crippen molar-refractivity contribution < 1.29 is 18.0 Å². The zero-order valence-electron chi connectivity index (χ0n) is 18.7. The molecule has 0 aromatic heterocycles. The van der Waals surface area contributed by atoms with Gasteiger partial charge in [0.05, 0.1) is 16.1 Å². The Labute approximate surface area is 199 Å². The predicted molar refractivity (Wildman–Crippen MR) is 131 cm³/mol. The Bertz CT molecular complexity index is 1250. The lowest BCUT2D eigenvalue weighted by molar-refractivity contribution is 0.0955. The lowest BCUT2D eigenvalue weighted by Gasteiger charge is -2.15. The van der Waals surface area contributed by atoms with Gasteiger partial charge in [0.1, 0.15) is 0 Å². The summed E-state index contributed by atoms with van der Waals surface area (Å²) < 4.78 is 26.8. The number of benzene rings is 3. The van der Waals surface area contributed by atoms with Crippen LogP contribution in [0.4, 0.5) is 5.69 Å². The van der Waals surface area contributed by atoms with Crippen LogP contribution in [0.3, 0.4) is 0 Å². The number of amides is 2. The van der Waals surface area contributed by atoms with Crippen LogP contribution in [0.1, 0.15) is 39.1 Å². The number of nitrogens with one attached hydrogen (secondary N) is 2. The highest BCUT2D eigenvalue weighted by Crippen LogP contribution is 2.22. The molecule has 7 nitrogen and oxygen atoms in total. The first kappa shape index (κ1) is 23.7. The molecular formula is C26H27N3O4S. The predicted octanol–water partition coefficient (Wildman–Crippen LogP) is 3.70. The average molecular weight is 478 g/mol. The van der Waals surface area contributed by atoms with Crippen LogP contribution in [0.2, 0.25) is 0 Å². The number of rotatable bonds is 8. The topological polar surface area (TPSA) is 95.6 Å². The fraction of sp³-hybridized carbons (Fsp3) is 0.231. The van der Waals surface area contributed by atoms with Gasteiger partial charge >= 0.3 is 0 Å². The number of para-hydroxylation sites is 1. The molecule has 0 radical (unpaired) electrons. The van der Waals surface area contributed by atoms with E-state index >= 15 is 0 Å². The van der Waals surface area contributed by atoms with E-state index in [2.05, 4.69) is 10.6 Å². The molecule has 0 atom stereocenters. The van der Waals surface area contributed by atoms with Crippen LogP contribution in [0.25, 0.3) is 0 Å². The van der Waals surface area contributed by atoms with Gasteiger partial charge in [0.15, 0.2) is 0 Å². The normalized spacial score (nSPS) is 14.0. The number of anilines is 1. The van der Waals surface area contributed by atoms with Crippen molar-refractivity contribution in [3.8, 4) is 0 Å². The maximum atomic E-state index is 12.8. The highest BCUT2D eigenvalue weighted by molar-refractivity contribution is 7.89. The van der Waals surface area contributed by atoms with Crippen molar-refractivity contribution >= 4 is 27.5 Å². The average Bonchev–Trinajstić information content (AvgIpc) is 3.41. The summed E-state index contributed by atoms with van der Waals surface area (Å²) in [4.78, 5) is 25.7. The van der Waals surface area contributed by atoms with Gasteiger partial charge in [-0.25, -0.2) is 8.42 Å². The highest BCUT2D eigenvalue weighted by atomic mass is 32.2. The summed E-state index contributed by atoms with van der Waals surface area (Å²) in [6.45, 7) is 1.52. The second kappa shape index (κ2) is 10.6. The maximum absolute atomic E-state index is 12.8. The number of hydrogen-bond donors (Lipinski definition) is 2. The van der Waals surface area contributed by atoms with E-state index < -0.39 is 15.9 Å². The fourth-order valence-electron chi connectivity index (χ4n) is 3.90. The van der Waals surface area contributed by atoms with Crippen molar-refractivity contribution in [2.45, 2.75) is 24.2 Å². The van der Waals surface area contributed by atoms with Crippen molar-refractivity contribution in [1.29, 1.82) is 0 Å². The molecule has 1 fully saturated rings. The quantitative estimate of drug-likeness (QED) is 0.517. The van der Waals surface area contributed by atoms with Crippen molar-refractivity contribution in [2.75, 3.05) is 25.0 Å². The molecule has 8 heteroatoms. The van der Waals surface area contributed by atoms with Gasteiger partial charge in [-0.1, -0.05) is 42.5 Å². The standard InChI is InChI=1S/C26H27N3O4S/c30-25(21-12-14-22(15-13-21)34(32,33)29-18-6-7-19-29)28-24-11-5-4-10-23(24)26(31)27-17-16-20-8-2-1-3-9-20/h1-5,8-15H,6-7,16-19H2,(H,27,31)(H,28,30). The second-order valence-electron chi connectivity index (χ2n) is 8.13. The van der Waals surface area contributed by atoms with Crippen LogP contribution >= 0.6 is 0 Å². The van der Waals surface area contributed by atoms with Crippen molar-refractivity contribution in [2.24, 2.45) is 0 Å². The van der Waals surface area contributed by atoms with Crippen LogP contribution < -0.4 is 10.6 Å². The first-order valence-electron chi connectivity index (χ1n) is 11.3. The number of carbonyl (C=O) groups is 2. The first-order chi connectivity index (χ1) is 16.4. The zero-order valence-corrected chi connectivity index (χ0v) is 19.6. The Morgan fingerprint density at radius 2 is 1.44 bits per heavy atom. The largest absolute Gasteiger partial charge is 0.352 e. The molecule has 176 valence electrons. The summed E-state index contributed by atoms with van der Waals surface area (Å²) in [5, 5.41) is 5.66. The minimum Gasteiger partial charge on any atom is -0.352 e. The Morgan fingerprint density at radius 1 is 0.794 bits per heavy atom. The third-order valence-electron chi connectivity index (χ3n) is 5.78. The molecule has 0 saturated carbocycles. The minimum absolute atomic E-state index is 0.171. The van der Waals surface area contributed by atoms with E-state index in [0.29, 0.717) is 42.9 Å². The minimum atomic E-state index is -3.54. The van der Waals surface area contributed by atoms with Crippen molar-refractivity contribution in [3.05, 3.63) is 95.6 Å². The molecule has 1 saturated heterocycles. The van der Waals surface area contributed by atoms with Crippen molar-refractivity contribution in [3.63, 3.8) is 0 Å². The maximum Gasteiger partial charge on any atom is 0.255 e. The molecule has 0 unspecified atom stereocenters. The monoisotopic (exact) mass is 477 g/mol. The lowest BCUT2D eigenvalue weighted by Crippen LogP contribution is -2.28. The lowest BCUT2D eigenvalue weighted by atomic mass is 10.1. The van der Waals surface area contributed by atoms with E-state index in [1.165, 1.54) is 28.6 Å². The molecule has 0 bridgehead atoms. The van der Waals surface area contributed by atoms with E-state index in [4.69, 9.17) is 0 Å². The Hall–Kier alpha value is -3.49. The van der Waals surface area contributed by atoms with Crippen LogP contribution in [-0.2, 0) is 16.4 Å². The van der Waals surface area contributed by atoms with Crippen LogP contribution in [-0.4, -0.2) is 44.2 Å². The first-order valence-corrected chi connectivity index (χ1v) is 12.7. The Balaban J connectivity index is 1.40. The van der Waals surface area contributed by atoms with Gasteiger partial charge in [0.2, 0.25) is 10.0 Å². The summed E-state index contributed by atoms with van der Waals surface area (Å²) in [5.74, 6) is -0.700. The van der Waals surface area contributed by atoms with Gasteiger partial charge in [-0.05, 0) is 61.2 Å². The summed E-state index contributed by atoms with van der Waals surface area (Å²) >= 11 is 0. The molecular weight excluding hydrogens is 450 g/mol. The van der Waals surface area contributed by atoms with E-state index in [1.54, 1.807) is 24.3 Å². The molecule has 1 heterocycles. The summed E-state index contributed by atoms with van der Waals surface area (Å²) in [7, 11) is -3.54. The Morgan fingerprint density at radius 3 is 2.15 bits per heavy atom. The van der Waals surface area contributed by atoms with Gasteiger partial charge < -0.3 is 10.6 Å². The summed E-state index contributed by atoms with van der Waals surface area (Å²) in [6.07, 6.45) is 2.42. The highest BCUT2D eigenvalue weighted by Gasteiger charge is 2.27. The van der Waals surface area contributed by atoms with Gasteiger partial charge in [-0.3, -0.25) is 9.59 Å². The Kier molecular flexibility index (Phi) is 7.40. The summed E-state index contributed by atoms with van der Waals surface area (Å²) in [6, 6.07) is 22.5. The molecule has 3 aromatic rings. The molecule has 1 aliphatic heterocycles. The smallest absolute Gasteiger partial charge is 0.255 e. The van der Waals surface area contributed by atoms with Crippen LogP contribution in [0, 0.1) is 0 Å². The molecule has 2 amide bonds. The van der Waals surface area contributed by atoms with E-state index in [9.17, 15) is 18.0 Å². The van der Waals surface area contributed by atoms with Crippen molar-refractivity contribution in [1.82, 2.24) is 9.62 Å². The number of nitrogens with zero attached hydrogens (tertiary/aromatic N) is 1. The second-order valence-corrected chi connectivity index (χ2v) is 10.1. The molecule has 2 N–H and O–H groups in total. The van der Waals surface area contributed by atoms with E-state index in [-0.39, 0.29) is 10.8 Å². The number of sulfonamides is 1. The summed E-state index contributed by atoms with van der Waals surface area (Å²) in [5.41, 5.74) is 2.18. The van der Waals surface area contributed by atoms with Gasteiger partial charge in [-0.2, -0.15) is 4.31 Å². The fourth-order valence-corrected chi connectivity index (χ4v) is 5.42. The SMILES string of the molecule is O=C(Nc1ccccc1C(=O)NCCc1ccccc1)c1ccc(S(=O)(=O)N2CCCC2)cc1. The molecule has 4 rings (SSSR count). The van der Waals surface area contributed by atoms with Gasteiger partial charge in [0.25, 0.3) is 11.8 Å². The number of hydrogen-bond acceptors (Lipinski definition) is 4. The van der Waals surface area contributed by atoms with Crippen LogP contribution in [0.5, 0.6) is 0 Å². The van der Waals surface area contributed by atoms with Gasteiger partial charge in [0, 0.05) is 25.2 Å². The molecule has 0 spiro atoms. The molecule has 0 aliphatic carbocycles. The van der Waals surface area contributed by atoms with E-state index in [1.807, 2.05) is 30.3 Å². The van der Waals surface area contributed by atoms with E-state index in [0.717, 1.165) is 18.4 Å². The van der Waals surface area contributed by atoms with Gasteiger partial charge in [-0.15, -0.1) is 0 Å². The third-order valence-corrected chi connectivity index (χ3v) is 7.69.